The zero-order valence-electron chi connectivity index (χ0n) is 12.7. The van der Waals surface area contributed by atoms with Gasteiger partial charge >= 0.3 is 6.18 Å². The highest BCUT2D eigenvalue weighted by Crippen LogP contribution is 2.37. The highest BCUT2D eigenvalue weighted by molar-refractivity contribution is 6.02. The van der Waals surface area contributed by atoms with Crippen LogP contribution >= 0.6 is 0 Å². The van der Waals surface area contributed by atoms with E-state index in [0.717, 1.165) is 11.8 Å². The number of carbonyl (C=O) groups is 1. The van der Waals surface area contributed by atoms with Crippen LogP contribution in [-0.2, 0) is 6.18 Å². The molecule has 0 bridgehead atoms. The lowest BCUT2D eigenvalue weighted by atomic mass is 10.1. The summed E-state index contributed by atoms with van der Waals surface area (Å²) in [6, 6.07) is 13.2. The van der Waals surface area contributed by atoms with Crippen LogP contribution in [0.25, 0.3) is 5.69 Å². The van der Waals surface area contributed by atoms with Crippen molar-refractivity contribution in [3.8, 4) is 11.4 Å². The molecule has 3 aromatic rings. The lowest BCUT2D eigenvalue weighted by molar-refractivity contribution is -0.138. The summed E-state index contributed by atoms with van der Waals surface area (Å²) in [5.41, 5.74) is -0.527. The molecule has 1 aromatic heterocycles. The van der Waals surface area contributed by atoms with Crippen molar-refractivity contribution in [2.75, 3.05) is 5.32 Å². The van der Waals surface area contributed by atoms with Crippen LogP contribution in [0.1, 0.15) is 16.1 Å². The van der Waals surface area contributed by atoms with E-state index in [-0.39, 0.29) is 11.4 Å². The van der Waals surface area contributed by atoms with Gasteiger partial charge in [0.15, 0.2) is 5.69 Å². The lowest BCUT2D eigenvalue weighted by Gasteiger charge is -2.11. The average molecular weight is 347 g/mol. The number of halogens is 3. The van der Waals surface area contributed by atoms with Gasteiger partial charge < -0.3 is 10.4 Å². The molecule has 0 fully saturated rings. The van der Waals surface area contributed by atoms with Crippen LogP contribution in [0.15, 0.2) is 60.8 Å². The number of phenols is 1. The van der Waals surface area contributed by atoms with E-state index in [2.05, 4.69) is 10.4 Å². The lowest BCUT2D eigenvalue weighted by Crippen LogP contribution is -2.14. The first-order valence-corrected chi connectivity index (χ1v) is 7.17. The van der Waals surface area contributed by atoms with Crippen molar-refractivity contribution in [2.45, 2.75) is 6.18 Å². The van der Waals surface area contributed by atoms with Crippen molar-refractivity contribution in [1.29, 1.82) is 0 Å². The Morgan fingerprint density at radius 2 is 1.80 bits per heavy atom. The fourth-order valence-corrected chi connectivity index (χ4v) is 2.21. The molecule has 2 N–H and O–H groups in total. The molecule has 5 nitrogen and oxygen atoms in total. The van der Waals surface area contributed by atoms with Crippen LogP contribution in [0.5, 0.6) is 5.75 Å². The second kappa shape index (κ2) is 6.31. The molecule has 2 aromatic carbocycles. The van der Waals surface area contributed by atoms with E-state index in [1.807, 2.05) is 18.2 Å². The number of para-hydroxylation sites is 1. The zero-order valence-corrected chi connectivity index (χ0v) is 12.7. The van der Waals surface area contributed by atoms with Gasteiger partial charge in [-0.15, -0.1) is 0 Å². The van der Waals surface area contributed by atoms with Gasteiger partial charge in [0.05, 0.1) is 11.3 Å². The maximum atomic E-state index is 12.8. The van der Waals surface area contributed by atoms with Crippen molar-refractivity contribution >= 4 is 11.6 Å². The minimum Gasteiger partial charge on any atom is -0.507 e. The molecule has 0 saturated heterocycles. The van der Waals surface area contributed by atoms with Crippen LogP contribution < -0.4 is 5.32 Å². The molecule has 0 aliphatic rings. The summed E-state index contributed by atoms with van der Waals surface area (Å²) in [6.45, 7) is 0. The van der Waals surface area contributed by atoms with Crippen molar-refractivity contribution in [1.82, 2.24) is 9.78 Å². The van der Waals surface area contributed by atoms with Crippen molar-refractivity contribution in [3.63, 3.8) is 0 Å². The number of hydrogen-bond acceptors (Lipinski definition) is 3. The number of amides is 1. The molecule has 0 saturated carbocycles. The van der Waals surface area contributed by atoms with Crippen LogP contribution in [0.2, 0.25) is 0 Å². The smallest absolute Gasteiger partial charge is 0.420 e. The molecule has 0 spiro atoms. The van der Waals surface area contributed by atoms with E-state index >= 15 is 0 Å². The summed E-state index contributed by atoms with van der Waals surface area (Å²) in [5.74, 6) is -1.56. The van der Waals surface area contributed by atoms with Crippen molar-refractivity contribution in [2.24, 2.45) is 0 Å². The molecular formula is C17H12F3N3O2. The molecule has 1 heterocycles. The van der Waals surface area contributed by atoms with Crippen LogP contribution in [0.3, 0.4) is 0 Å². The molecule has 128 valence electrons. The number of alkyl halides is 3. The third-order valence-corrected chi connectivity index (χ3v) is 3.40. The van der Waals surface area contributed by atoms with Crippen LogP contribution in [0, 0.1) is 0 Å². The van der Waals surface area contributed by atoms with Gasteiger partial charge in [-0.1, -0.05) is 18.2 Å². The average Bonchev–Trinajstić information content (AvgIpc) is 3.06. The summed E-state index contributed by atoms with van der Waals surface area (Å²) in [6.07, 6.45) is -3.15. The summed E-state index contributed by atoms with van der Waals surface area (Å²) < 4.78 is 39.9. The molecule has 8 heteroatoms. The predicted octanol–water partition coefficient (Wildman–Crippen LogP) is 3.85. The number of nitrogens with one attached hydrogen (secondary N) is 1. The second-order valence-corrected chi connectivity index (χ2v) is 5.16. The Hall–Kier alpha value is -3.29. The summed E-state index contributed by atoms with van der Waals surface area (Å²) in [4.78, 5) is 12.2. The van der Waals surface area contributed by atoms with E-state index in [0.29, 0.717) is 6.07 Å². The first kappa shape index (κ1) is 16.6. The number of aromatic hydroxyl groups is 1. The fraction of sp³-hybridized carbons (Fsp3) is 0.0588. The monoisotopic (exact) mass is 347 g/mol. The van der Waals surface area contributed by atoms with Gasteiger partial charge in [0.2, 0.25) is 0 Å². The van der Waals surface area contributed by atoms with Gasteiger partial charge in [-0.3, -0.25) is 4.79 Å². The van der Waals surface area contributed by atoms with Gasteiger partial charge in [-0.2, -0.15) is 18.3 Å². The standard InChI is InChI=1S/C17H12F3N3O2/c18-17(19,20)13-10-11(6-7-15(13)24)21-16(25)14-8-9-23(22-14)12-4-2-1-3-5-12/h1-10,24H,(H,21,25). The zero-order chi connectivity index (χ0) is 18.0. The van der Waals surface area contributed by atoms with E-state index < -0.39 is 23.4 Å². The Labute approximate surface area is 140 Å². The Bertz CT molecular complexity index is 905. The van der Waals surface area contributed by atoms with E-state index in [9.17, 15) is 23.1 Å². The molecule has 0 aliphatic carbocycles. The minimum atomic E-state index is -4.72. The summed E-state index contributed by atoms with van der Waals surface area (Å²) in [7, 11) is 0. The number of phenolic OH excluding ortho intramolecular Hbond substituents is 1. The van der Waals surface area contributed by atoms with Gasteiger partial charge in [0.25, 0.3) is 5.91 Å². The Morgan fingerprint density at radius 1 is 1.08 bits per heavy atom. The van der Waals surface area contributed by atoms with Gasteiger partial charge in [-0.05, 0) is 36.4 Å². The normalized spacial score (nSPS) is 11.3. The van der Waals surface area contributed by atoms with Crippen LogP contribution in [0.4, 0.5) is 18.9 Å². The third kappa shape index (κ3) is 3.63. The first-order chi connectivity index (χ1) is 11.8. The highest BCUT2D eigenvalue weighted by atomic mass is 19.4. The number of carbonyl (C=O) groups excluding carboxylic acids is 1. The molecule has 0 atom stereocenters. The summed E-state index contributed by atoms with van der Waals surface area (Å²) in [5, 5.41) is 15.7. The van der Waals surface area contributed by atoms with Crippen LogP contribution in [-0.4, -0.2) is 20.8 Å². The molecular weight excluding hydrogens is 335 g/mol. The Balaban J connectivity index is 1.81. The number of anilines is 1. The number of hydrogen-bond donors (Lipinski definition) is 2. The van der Waals surface area contributed by atoms with Gasteiger partial charge in [0.1, 0.15) is 5.75 Å². The minimum absolute atomic E-state index is 0.0467. The quantitative estimate of drug-likeness (QED) is 0.707. The van der Waals surface area contributed by atoms with Crippen molar-refractivity contribution in [3.05, 3.63) is 72.1 Å². The number of aromatic nitrogens is 2. The van der Waals surface area contributed by atoms with Crippen molar-refractivity contribution < 1.29 is 23.1 Å². The highest BCUT2D eigenvalue weighted by Gasteiger charge is 2.34. The predicted molar refractivity (Wildman–Crippen MR) is 84.6 cm³/mol. The van der Waals surface area contributed by atoms with Gasteiger partial charge in [-0.25, -0.2) is 4.68 Å². The van der Waals surface area contributed by atoms with E-state index in [1.165, 1.54) is 16.8 Å². The molecule has 0 unspecified atom stereocenters. The molecule has 0 aliphatic heterocycles. The second-order valence-electron chi connectivity index (χ2n) is 5.16. The number of nitrogens with zero attached hydrogens (tertiary/aromatic N) is 2. The SMILES string of the molecule is O=C(Nc1ccc(O)c(C(F)(F)F)c1)c1ccn(-c2ccccc2)n1. The molecule has 0 radical (unpaired) electrons. The topological polar surface area (TPSA) is 67.2 Å². The molecule has 3 rings (SSSR count). The maximum absolute atomic E-state index is 12.8. The maximum Gasteiger partial charge on any atom is 0.420 e. The van der Waals surface area contributed by atoms with E-state index in [4.69, 9.17) is 0 Å². The molecule has 25 heavy (non-hydrogen) atoms. The molecule has 1 amide bonds. The van der Waals surface area contributed by atoms with E-state index in [1.54, 1.807) is 18.3 Å². The Kier molecular flexibility index (Phi) is 4.18. The fourth-order valence-electron chi connectivity index (χ4n) is 2.21. The largest absolute Gasteiger partial charge is 0.507 e. The van der Waals surface area contributed by atoms with Gasteiger partial charge in [0, 0.05) is 11.9 Å². The third-order valence-electron chi connectivity index (χ3n) is 3.40. The number of benzene rings is 2. The Morgan fingerprint density at radius 3 is 2.48 bits per heavy atom. The number of rotatable bonds is 3. The summed E-state index contributed by atoms with van der Waals surface area (Å²) >= 11 is 0. The first-order valence-electron chi connectivity index (χ1n) is 7.17.